The van der Waals surface area contributed by atoms with E-state index in [1.807, 2.05) is 18.3 Å². The van der Waals surface area contributed by atoms with Gasteiger partial charge in [-0.2, -0.15) is 4.98 Å². The molecule has 0 aliphatic heterocycles. The molecule has 0 atom stereocenters. The third-order valence-electron chi connectivity index (χ3n) is 1.66. The van der Waals surface area contributed by atoms with Gasteiger partial charge in [0.25, 0.3) is 0 Å². The van der Waals surface area contributed by atoms with Crippen LogP contribution in [0.5, 0.6) is 5.88 Å². The fourth-order valence-corrected chi connectivity index (χ4v) is 1.59. The van der Waals surface area contributed by atoms with Gasteiger partial charge in [0.1, 0.15) is 5.65 Å². The lowest BCUT2D eigenvalue weighted by atomic mass is 10.3. The van der Waals surface area contributed by atoms with Crippen LogP contribution >= 0.6 is 15.9 Å². The van der Waals surface area contributed by atoms with Gasteiger partial charge >= 0.3 is 0 Å². The Balaban J connectivity index is 2.75. The molecule has 0 aliphatic rings. The standard InChI is InChI=1S/C8H7BrN2O/c1-12-7-4-6(9)5-2-3-10-8(5)11-7/h2-4H,1H3,(H,10,11). The number of hydrogen-bond donors (Lipinski definition) is 1. The van der Waals surface area contributed by atoms with Crippen LogP contribution in [0.3, 0.4) is 0 Å². The Labute approximate surface area is 77.9 Å². The summed E-state index contributed by atoms with van der Waals surface area (Å²) in [5.74, 6) is 0.608. The highest BCUT2D eigenvalue weighted by molar-refractivity contribution is 9.10. The zero-order chi connectivity index (χ0) is 8.55. The Bertz CT molecular complexity index is 410. The highest BCUT2D eigenvalue weighted by atomic mass is 79.9. The Kier molecular flexibility index (Phi) is 1.77. The Morgan fingerprint density at radius 2 is 2.42 bits per heavy atom. The van der Waals surface area contributed by atoms with E-state index in [0.717, 1.165) is 15.5 Å². The van der Waals surface area contributed by atoms with E-state index >= 15 is 0 Å². The molecule has 12 heavy (non-hydrogen) atoms. The van der Waals surface area contributed by atoms with Crippen molar-refractivity contribution in [3.63, 3.8) is 0 Å². The molecule has 2 aromatic rings. The van der Waals surface area contributed by atoms with Crippen molar-refractivity contribution in [2.45, 2.75) is 0 Å². The average molecular weight is 227 g/mol. The molecule has 0 amide bonds. The maximum atomic E-state index is 5.01. The first-order valence-electron chi connectivity index (χ1n) is 3.49. The summed E-state index contributed by atoms with van der Waals surface area (Å²) in [6.45, 7) is 0. The molecule has 62 valence electrons. The quantitative estimate of drug-likeness (QED) is 0.811. The van der Waals surface area contributed by atoms with Crippen molar-refractivity contribution < 1.29 is 4.74 Å². The number of ether oxygens (including phenoxy) is 1. The summed E-state index contributed by atoms with van der Waals surface area (Å²) in [6.07, 6.45) is 1.85. The van der Waals surface area contributed by atoms with Gasteiger partial charge in [-0.3, -0.25) is 0 Å². The molecule has 0 saturated heterocycles. The van der Waals surface area contributed by atoms with Gasteiger partial charge in [0.05, 0.1) is 7.11 Å². The molecule has 4 heteroatoms. The average Bonchev–Trinajstić information content (AvgIpc) is 2.52. The lowest BCUT2D eigenvalue weighted by Gasteiger charge is -1.99. The molecule has 0 fully saturated rings. The van der Waals surface area contributed by atoms with E-state index in [0.29, 0.717) is 5.88 Å². The Morgan fingerprint density at radius 3 is 3.17 bits per heavy atom. The molecular formula is C8H7BrN2O. The zero-order valence-electron chi connectivity index (χ0n) is 6.47. The van der Waals surface area contributed by atoms with Gasteiger partial charge in [0, 0.05) is 22.1 Å². The maximum absolute atomic E-state index is 5.01. The molecule has 1 N–H and O–H groups in total. The second kappa shape index (κ2) is 2.79. The molecule has 0 spiro atoms. The molecule has 2 rings (SSSR count). The van der Waals surface area contributed by atoms with E-state index < -0.39 is 0 Å². The highest BCUT2D eigenvalue weighted by Gasteiger charge is 2.03. The smallest absolute Gasteiger partial charge is 0.216 e. The van der Waals surface area contributed by atoms with Gasteiger partial charge in [-0.25, -0.2) is 0 Å². The second-order valence-corrected chi connectivity index (χ2v) is 3.24. The van der Waals surface area contributed by atoms with E-state index in [2.05, 4.69) is 25.9 Å². The minimum Gasteiger partial charge on any atom is -0.481 e. The molecule has 3 nitrogen and oxygen atoms in total. The number of rotatable bonds is 1. The predicted molar refractivity (Wildman–Crippen MR) is 50.3 cm³/mol. The van der Waals surface area contributed by atoms with Crippen LogP contribution in [0.25, 0.3) is 11.0 Å². The number of methoxy groups -OCH3 is 1. The molecular weight excluding hydrogens is 220 g/mol. The summed E-state index contributed by atoms with van der Waals surface area (Å²) in [7, 11) is 1.60. The summed E-state index contributed by atoms with van der Waals surface area (Å²) in [6, 6.07) is 3.81. The zero-order valence-corrected chi connectivity index (χ0v) is 8.05. The topological polar surface area (TPSA) is 37.9 Å². The molecule has 0 radical (unpaired) electrons. The number of nitrogens with one attached hydrogen (secondary N) is 1. The van der Waals surface area contributed by atoms with Crippen LogP contribution in [0.4, 0.5) is 0 Å². The van der Waals surface area contributed by atoms with Crippen molar-refractivity contribution in [2.24, 2.45) is 0 Å². The summed E-state index contributed by atoms with van der Waals surface area (Å²) >= 11 is 3.43. The van der Waals surface area contributed by atoms with Crippen molar-refractivity contribution >= 4 is 27.0 Å². The van der Waals surface area contributed by atoms with Crippen LogP contribution in [0.15, 0.2) is 22.8 Å². The van der Waals surface area contributed by atoms with Gasteiger partial charge in [0.15, 0.2) is 0 Å². The van der Waals surface area contributed by atoms with Crippen LogP contribution in [0.1, 0.15) is 0 Å². The number of nitrogens with zero attached hydrogens (tertiary/aromatic N) is 1. The molecule has 0 aliphatic carbocycles. The van der Waals surface area contributed by atoms with Gasteiger partial charge in [0.2, 0.25) is 5.88 Å². The largest absolute Gasteiger partial charge is 0.481 e. The molecule has 2 aromatic heterocycles. The van der Waals surface area contributed by atoms with Gasteiger partial charge < -0.3 is 9.72 Å². The minimum atomic E-state index is 0.608. The first-order valence-corrected chi connectivity index (χ1v) is 4.28. The molecule has 0 saturated carbocycles. The molecule has 0 aromatic carbocycles. The van der Waals surface area contributed by atoms with Gasteiger partial charge in [-0.15, -0.1) is 0 Å². The number of aromatic nitrogens is 2. The summed E-state index contributed by atoms with van der Waals surface area (Å²) in [5.41, 5.74) is 0.834. The fourth-order valence-electron chi connectivity index (χ4n) is 1.08. The second-order valence-electron chi connectivity index (χ2n) is 2.39. The Hall–Kier alpha value is -1.03. The van der Waals surface area contributed by atoms with Gasteiger partial charge in [-0.05, 0) is 22.0 Å². The monoisotopic (exact) mass is 226 g/mol. The van der Waals surface area contributed by atoms with Crippen LogP contribution < -0.4 is 4.74 Å². The Morgan fingerprint density at radius 1 is 1.58 bits per heavy atom. The van der Waals surface area contributed by atoms with Crippen molar-refractivity contribution in [1.82, 2.24) is 9.97 Å². The number of halogens is 1. The van der Waals surface area contributed by atoms with Crippen LogP contribution in [-0.2, 0) is 0 Å². The van der Waals surface area contributed by atoms with Crippen molar-refractivity contribution in [1.29, 1.82) is 0 Å². The number of hydrogen-bond acceptors (Lipinski definition) is 2. The van der Waals surface area contributed by atoms with Crippen molar-refractivity contribution in [3.05, 3.63) is 22.8 Å². The van der Waals surface area contributed by atoms with E-state index in [-0.39, 0.29) is 0 Å². The summed E-state index contributed by atoms with van der Waals surface area (Å²) in [5, 5.41) is 1.07. The maximum Gasteiger partial charge on any atom is 0.216 e. The molecule has 2 heterocycles. The first kappa shape index (κ1) is 7.61. The van der Waals surface area contributed by atoms with E-state index in [1.54, 1.807) is 7.11 Å². The SMILES string of the molecule is COc1cc(Br)c2cc[nH]c2n1. The van der Waals surface area contributed by atoms with Crippen LogP contribution in [-0.4, -0.2) is 17.1 Å². The predicted octanol–water partition coefficient (Wildman–Crippen LogP) is 2.33. The number of aromatic amines is 1. The summed E-state index contributed by atoms with van der Waals surface area (Å²) in [4.78, 5) is 7.22. The number of H-pyrrole nitrogens is 1. The molecule has 0 unspecified atom stereocenters. The third-order valence-corrected chi connectivity index (χ3v) is 2.32. The lowest BCUT2D eigenvalue weighted by molar-refractivity contribution is 0.399. The van der Waals surface area contributed by atoms with E-state index in [1.165, 1.54) is 0 Å². The fraction of sp³-hybridized carbons (Fsp3) is 0.125. The normalized spacial score (nSPS) is 10.5. The lowest BCUT2D eigenvalue weighted by Crippen LogP contribution is -1.87. The van der Waals surface area contributed by atoms with Crippen LogP contribution in [0, 0.1) is 0 Å². The summed E-state index contributed by atoms with van der Waals surface area (Å²) < 4.78 is 6.00. The van der Waals surface area contributed by atoms with Crippen molar-refractivity contribution in [3.8, 4) is 5.88 Å². The molecule has 0 bridgehead atoms. The van der Waals surface area contributed by atoms with Crippen molar-refractivity contribution in [2.75, 3.05) is 7.11 Å². The number of fused-ring (bicyclic) bond motifs is 1. The minimum absolute atomic E-state index is 0.608. The van der Waals surface area contributed by atoms with E-state index in [9.17, 15) is 0 Å². The first-order chi connectivity index (χ1) is 5.81. The van der Waals surface area contributed by atoms with Crippen LogP contribution in [0.2, 0.25) is 0 Å². The number of pyridine rings is 1. The van der Waals surface area contributed by atoms with E-state index in [4.69, 9.17) is 4.74 Å². The van der Waals surface area contributed by atoms with Gasteiger partial charge in [-0.1, -0.05) is 0 Å². The third kappa shape index (κ3) is 1.08. The highest BCUT2D eigenvalue weighted by Crippen LogP contribution is 2.25.